The van der Waals surface area contributed by atoms with E-state index in [0.29, 0.717) is 41.9 Å². The molecule has 30 heavy (non-hydrogen) atoms. The van der Waals surface area contributed by atoms with Gasteiger partial charge in [-0.2, -0.15) is 4.98 Å². The van der Waals surface area contributed by atoms with Crippen molar-refractivity contribution in [1.82, 2.24) is 29.9 Å². The van der Waals surface area contributed by atoms with E-state index < -0.39 is 0 Å². The summed E-state index contributed by atoms with van der Waals surface area (Å²) in [4.78, 5) is 29.8. The minimum absolute atomic E-state index is 0.00104. The number of pyridine rings is 2. The Morgan fingerprint density at radius 1 is 1.20 bits per heavy atom. The second-order valence-corrected chi connectivity index (χ2v) is 8.06. The second kappa shape index (κ2) is 7.17. The Morgan fingerprint density at radius 3 is 2.77 bits per heavy atom. The lowest BCUT2D eigenvalue weighted by molar-refractivity contribution is 0.0115. The number of hydrogen-bond acceptors (Lipinski definition) is 8. The van der Waals surface area contributed by atoms with Gasteiger partial charge in [-0.05, 0) is 31.7 Å². The summed E-state index contributed by atoms with van der Waals surface area (Å²) in [7, 11) is 3.62. The van der Waals surface area contributed by atoms with Gasteiger partial charge >= 0.3 is 0 Å². The summed E-state index contributed by atoms with van der Waals surface area (Å²) in [5.41, 5.74) is 1.30. The number of ether oxygens (including phenoxy) is 1. The summed E-state index contributed by atoms with van der Waals surface area (Å²) in [5.74, 6) is 1.59. The molecule has 2 aliphatic heterocycles. The molecule has 3 aromatic rings. The van der Waals surface area contributed by atoms with Crippen LogP contribution in [0.5, 0.6) is 5.88 Å². The molecule has 9 heteroatoms. The van der Waals surface area contributed by atoms with Crippen LogP contribution in [0.25, 0.3) is 11.6 Å². The van der Waals surface area contributed by atoms with E-state index in [0.717, 1.165) is 13.0 Å². The fourth-order valence-corrected chi connectivity index (χ4v) is 4.47. The molecule has 1 amide bonds. The summed E-state index contributed by atoms with van der Waals surface area (Å²) in [5, 5.41) is 4.20. The van der Waals surface area contributed by atoms with Crippen molar-refractivity contribution in [3.05, 3.63) is 54.1 Å². The molecule has 0 N–H and O–H groups in total. The van der Waals surface area contributed by atoms with Crippen LogP contribution >= 0.6 is 0 Å². The van der Waals surface area contributed by atoms with Gasteiger partial charge in [0.15, 0.2) is 5.82 Å². The number of methoxy groups -OCH3 is 1. The van der Waals surface area contributed by atoms with E-state index in [4.69, 9.17) is 9.26 Å². The fraction of sp³-hybridized carbons (Fsp3) is 0.381. The molecule has 9 nitrogen and oxygen atoms in total. The molecular formula is C21H22N6O3. The lowest BCUT2D eigenvalue weighted by Crippen LogP contribution is -2.59. The predicted octanol–water partition coefficient (Wildman–Crippen LogP) is 2.05. The molecule has 1 atom stereocenters. The number of aromatic nitrogens is 4. The number of likely N-dealkylation sites (tertiary alicyclic amines) is 2. The predicted molar refractivity (Wildman–Crippen MR) is 107 cm³/mol. The van der Waals surface area contributed by atoms with Crippen molar-refractivity contribution < 1.29 is 14.1 Å². The van der Waals surface area contributed by atoms with Gasteiger partial charge in [-0.15, -0.1) is 0 Å². The van der Waals surface area contributed by atoms with Crippen molar-refractivity contribution >= 4 is 5.91 Å². The summed E-state index contributed by atoms with van der Waals surface area (Å²) >= 11 is 0. The third kappa shape index (κ3) is 3.21. The Kier molecular flexibility index (Phi) is 4.47. The van der Waals surface area contributed by atoms with Crippen molar-refractivity contribution in [3.63, 3.8) is 0 Å². The average Bonchev–Trinajstić information content (AvgIpc) is 3.38. The van der Waals surface area contributed by atoms with E-state index >= 15 is 0 Å². The highest BCUT2D eigenvalue weighted by atomic mass is 16.5. The summed E-state index contributed by atoms with van der Waals surface area (Å²) in [6, 6.07) is 9.10. The van der Waals surface area contributed by atoms with Crippen LogP contribution in [-0.2, 0) is 0 Å². The van der Waals surface area contributed by atoms with Crippen LogP contribution in [0.1, 0.15) is 28.6 Å². The van der Waals surface area contributed by atoms with Crippen LogP contribution in [0, 0.1) is 5.41 Å². The van der Waals surface area contributed by atoms with Crippen LogP contribution < -0.4 is 4.74 Å². The Morgan fingerprint density at radius 2 is 2.07 bits per heavy atom. The molecule has 0 bridgehead atoms. The minimum atomic E-state index is -0.00104. The topological polar surface area (TPSA) is 97.5 Å². The largest absolute Gasteiger partial charge is 0.481 e. The first-order chi connectivity index (χ1) is 14.6. The molecule has 5 heterocycles. The molecule has 2 saturated heterocycles. The molecular weight excluding hydrogens is 384 g/mol. The highest BCUT2D eigenvalue weighted by Crippen LogP contribution is 2.47. The Bertz CT molecular complexity index is 1050. The van der Waals surface area contributed by atoms with Crippen molar-refractivity contribution in [3.8, 4) is 17.5 Å². The Hall–Kier alpha value is -3.33. The molecule has 2 fully saturated rings. The number of hydrogen-bond donors (Lipinski definition) is 0. The molecule has 1 spiro atoms. The van der Waals surface area contributed by atoms with Gasteiger partial charge < -0.3 is 14.2 Å². The monoisotopic (exact) mass is 406 g/mol. The Balaban J connectivity index is 1.25. The summed E-state index contributed by atoms with van der Waals surface area (Å²) in [6.07, 6.45) is 4.15. The van der Waals surface area contributed by atoms with Gasteiger partial charge in [-0.25, -0.2) is 4.98 Å². The lowest BCUT2D eigenvalue weighted by atomic mass is 9.77. The van der Waals surface area contributed by atoms with Crippen molar-refractivity contribution in [2.75, 3.05) is 33.8 Å². The van der Waals surface area contributed by atoms with E-state index in [1.807, 2.05) is 23.1 Å². The number of rotatable bonds is 4. The van der Waals surface area contributed by atoms with Crippen LogP contribution in [0.4, 0.5) is 0 Å². The standard InChI is InChI=1S/C21H22N6O3/c1-26-11-21(12-27(13-21)20(28)14-6-7-17(29-2)23-10-14)9-16(26)18-24-19(30-25-18)15-5-3-4-8-22-15/h3-8,10,16H,9,11-13H2,1-2H3/t16-/m0/s1. The molecule has 2 aliphatic rings. The minimum Gasteiger partial charge on any atom is -0.481 e. The van der Waals surface area contributed by atoms with Gasteiger partial charge in [0, 0.05) is 43.5 Å². The van der Waals surface area contributed by atoms with Gasteiger partial charge in [-0.1, -0.05) is 11.2 Å². The second-order valence-electron chi connectivity index (χ2n) is 8.06. The zero-order chi connectivity index (χ0) is 20.7. The summed E-state index contributed by atoms with van der Waals surface area (Å²) < 4.78 is 10.5. The molecule has 0 saturated carbocycles. The third-order valence-electron chi connectivity index (χ3n) is 5.90. The van der Waals surface area contributed by atoms with Crippen LogP contribution in [0.15, 0.2) is 47.2 Å². The van der Waals surface area contributed by atoms with Crippen LogP contribution in [-0.4, -0.2) is 69.6 Å². The molecule has 0 radical (unpaired) electrons. The summed E-state index contributed by atoms with van der Waals surface area (Å²) in [6.45, 7) is 2.31. The van der Waals surface area contributed by atoms with E-state index in [2.05, 4.69) is 32.1 Å². The van der Waals surface area contributed by atoms with Gasteiger partial charge in [0.2, 0.25) is 5.88 Å². The number of nitrogens with zero attached hydrogens (tertiary/aromatic N) is 6. The lowest BCUT2D eigenvalue weighted by Gasteiger charge is -2.48. The SMILES string of the molecule is COc1ccc(C(=O)N2CC3(C[C@@H](c4noc(-c5ccccn5)n4)N(C)C3)C2)cn1. The molecule has 0 aliphatic carbocycles. The smallest absolute Gasteiger partial charge is 0.276 e. The van der Waals surface area contributed by atoms with Gasteiger partial charge in [-0.3, -0.25) is 14.7 Å². The molecule has 0 unspecified atom stereocenters. The maximum Gasteiger partial charge on any atom is 0.276 e. The third-order valence-corrected chi connectivity index (χ3v) is 5.90. The number of carbonyl (C=O) groups is 1. The molecule has 154 valence electrons. The maximum absolute atomic E-state index is 12.7. The number of amides is 1. The van der Waals surface area contributed by atoms with Crippen molar-refractivity contribution in [1.29, 1.82) is 0 Å². The molecule has 5 rings (SSSR count). The average molecular weight is 406 g/mol. The van der Waals surface area contributed by atoms with Crippen molar-refractivity contribution in [2.45, 2.75) is 12.5 Å². The first kappa shape index (κ1) is 18.7. The van der Waals surface area contributed by atoms with E-state index in [-0.39, 0.29) is 17.4 Å². The normalized spacial score (nSPS) is 20.3. The highest BCUT2D eigenvalue weighted by molar-refractivity contribution is 5.94. The van der Waals surface area contributed by atoms with Crippen LogP contribution in [0.3, 0.4) is 0 Å². The first-order valence-electron chi connectivity index (χ1n) is 9.81. The van der Waals surface area contributed by atoms with E-state index in [1.54, 1.807) is 31.6 Å². The zero-order valence-corrected chi connectivity index (χ0v) is 16.9. The van der Waals surface area contributed by atoms with Crippen LogP contribution in [0.2, 0.25) is 0 Å². The zero-order valence-electron chi connectivity index (χ0n) is 16.9. The number of carbonyl (C=O) groups excluding carboxylic acids is 1. The molecule has 0 aromatic carbocycles. The van der Waals surface area contributed by atoms with Gasteiger partial charge in [0.05, 0.1) is 18.7 Å². The highest BCUT2D eigenvalue weighted by Gasteiger charge is 2.53. The molecule has 3 aromatic heterocycles. The quantitative estimate of drug-likeness (QED) is 0.649. The van der Waals surface area contributed by atoms with E-state index in [9.17, 15) is 4.79 Å². The van der Waals surface area contributed by atoms with Crippen molar-refractivity contribution in [2.24, 2.45) is 5.41 Å². The fourth-order valence-electron chi connectivity index (χ4n) is 4.47. The Labute approximate surface area is 173 Å². The maximum atomic E-state index is 12.7. The van der Waals surface area contributed by atoms with Gasteiger partial charge in [0.1, 0.15) is 5.69 Å². The first-order valence-corrected chi connectivity index (χ1v) is 9.81. The van der Waals surface area contributed by atoms with E-state index in [1.165, 1.54) is 0 Å². The van der Waals surface area contributed by atoms with Gasteiger partial charge in [0.25, 0.3) is 11.8 Å².